The van der Waals surface area contributed by atoms with Crippen LogP contribution in [-0.2, 0) is 16.0 Å². The average molecular weight is 407 g/mol. The third-order valence-corrected chi connectivity index (χ3v) is 6.32. The van der Waals surface area contributed by atoms with Gasteiger partial charge in [-0.3, -0.25) is 9.59 Å². The summed E-state index contributed by atoms with van der Waals surface area (Å²) < 4.78 is 5.78. The standard InChI is InChI=1S/C22H31ClN2O3/c1-3-24(4-2)21(26)8-5-16-9-11-25(12-10-16)22(27)18-13-17-14-19(23)6-7-20(17)28-15-18/h6-7,14,16,18H,3-5,8-13,15H2,1-2H3. The number of hydrogen-bond donors (Lipinski definition) is 0. The SMILES string of the molecule is CCN(CC)C(=O)CCC1CCN(C(=O)C2COc3ccc(Cl)cc3C2)CC1. The van der Waals surface area contributed by atoms with E-state index in [4.69, 9.17) is 16.3 Å². The lowest BCUT2D eigenvalue weighted by Gasteiger charge is -2.35. The monoisotopic (exact) mass is 406 g/mol. The van der Waals surface area contributed by atoms with Crippen LogP contribution in [0.25, 0.3) is 0 Å². The Morgan fingerprint density at radius 1 is 1.21 bits per heavy atom. The molecule has 0 N–H and O–H groups in total. The molecule has 28 heavy (non-hydrogen) atoms. The van der Waals surface area contributed by atoms with Gasteiger partial charge in [-0.25, -0.2) is 0 Å². The second-order valence-electron chi connectivity index (χ2n) is 7.84. The van der Waals surface area contributed by atoms with Crippen LogP contribution < -0.4 is 4.74 Å². The van der Waals surface area contributed by atoms with Crippen LogP contribution >= 0.6 is 11.6 Å². The van der Waals surface area contributed by atoms with Crippen molar-refractivity contribution in [2.75, 3.05) is 32.8 Å². The largest absolute Gasteiger partial charge is 0.492 e. The normalized spacial score (nSPS) is 19.7. The number of hydrogen-bond acceptors (Lipinski definition) is 3. The third-order valence-electron chi connectivity index (χ3n) is 6.09. The maximum Gasteiger partial charge on any atom is 0.229 e. The molecule has 154 valence electrons. The summed E-state index contributed by atoms with van der Waals surface area (Å²) >= 11 is 6.08. The van der Waals surface area contributed by atoms with Gasteiger partial charge in [-0.1, -0.05) is 11.6 Å². The average Bonchev–Trinajstić information content (AvgIpc) is 2.72. The smallest absolute Gasteiger partial charge is 0.229 e. The molecule has 1 atom stereocenters. The molecule has 1 unspecified atom stereocenters. The first-order valence-electron chi connectivity index (χ1n) is 10.5. The lowest BCUT2D eigenvalue weighted by molar-refractivity contribution is -0.138. The highest BCUT2D eigenvalue weighted by atomic mass is 35.5. The summed E-state index contributed by atoms with van der Waals surface area (Å²) in [4.78, 5) is 29.0. The summed E-state index contributed by atoms with van der Waals surface area (Å²) in [5.74, 6) is 1.67. The zero-order valence-electron chi connectivity index (χ0n) is 17.0. The van der Waals surface area contributed by atoms with Gasteiger partial charge in [-0.05, 0) is 69.2 Å². The van der Waals surface area contributed by atoms with Crippen molar-refractivity contribution in [2.24, 2.45) is 11.8 Å². The van der Waals surface area contributed by atoms with Gasteiger partial charge in [0.05, 0.1) is 5.92 Å². The molecule has 0 bridgehead atoms. The predicted molar refractivity (Wildman–Crippen MR) is 111 cm³/mol. The highest BCUT2D eigenvalue weighted by molar-refractivity contribution is 6.30. The van der Waals surface area contributed by atoms with E-state index in [0.717, 1.165) is 56.8 Å². The molecule has 6 heteroatoms. The van der Waals surface area contributed by atoms with E-state index in [9.17, 15) is 9.59 Å². The van der Waals surface area contributed by atoms with Crippen molar-refractivity contribution in [2.45, 2.75) is 46.0 Å². The molecule has 0 saturated carbocycles. The number of nitrogens with zero attached hydrogens (tertiary/aromatic N) is 2. The van der Waals surface area contributed by atoms with Crippen LogP contribution in [-0.4, -0.2) is 54.4 Å². The van der Waals surface area contributed by atoms with Crippen LogP contribution in [0.2, 0.25) is 5.02 Å². The number of benzene rings is 1. The van der Waals surface area contributed by atoms with Gasteiger partial charge in [0, 0.05) is 37.6 Å². The quantitative estimate of drug-likeness (QED) is 0.722. The maximum atomic E-state index is 12.9. The zero-order chi connectivity index (χ0) is 20.1. The third kappa shape index (κ3) is 4.99. The van der Waals surface area contributed by atoms with E-state index in [-0.39, 0.29) is 17.7 Å². The van der Waals surface area contributed by atoms with Gasteiger partial charge < -0.3 is 14.5 Å². The second-order valence-corrected chi connectivity index (χ2v) is 8.27. The number of fused-ring (bicyclic) bond motifs is 1. The van der Waals surface area contributed by atoms with Crippen molar-refractivity contribution in [3.63, 3.8) is 0 Å². The fourth-order valence-corrected chi connectivity index (χ4v) is 4.48. The molecule has 1 fully saturated rings. The summed E-state index contributed by atoms with van der Waals surface area (Å²) in [6.45, 7) is 7.59. The van der Waals surface area contributed by atoms with Crippen LogP contribution in [0.1, 0.15) is 45.1 Å². The van der Waals surface area contributed by atoms with Gasteiger partial charge in [-0.15, -0.1) is 0 Å². The molecule has 2 amide bonds. The van der Waals surface area contributed by atoms with Crippen molar-refractivity contribution < 1.29 is 14.3 Å². The molecular weight excluding hydrogens is 376 g/mol. The first kappa shape index (κ1) is 21.0. The van der Waals surface area contributed by atoms with E-state index in [1.54, 1.807) is 0 Å². The number of amides is 2. The second kappa shape index (κ2) is 9.64. The highest BCUT2D eigenvalue weighted by Gasteiger charge is 2.32. The number of rotatable bonds is 6. The van der Waals surface area contributed by atoms with Crippen LogP contribution in [0.3, 0.4) is 0 Å². The Labute approximate surface area is 173 Å². The van der Waals surface area contributed by atoms with Crippen molar-refractivity contribution in [1.82, 2.24) is 9.80 Å². The van der Waals surface area contributed by atoms with E-state index in [0.29, 0.717) is 30.4 Å². The predicted octanol–water partition coefficient (Wildman–Crippen LogP) is 3.78. The molecule has 0 aromatic heterocycles. The molecule has 0 aliphatic carbocycles. The molecule has 2 aliphatic rings. The Kier molecular flexibility index (Phi) is 7.22. The van der Waals surface area contributed by atoms with Crippen molar-refractivity contribution in [3.05, 3.63) is 28.8 Å². The van der Waals surface area contributed by atoms with Gasteiger partial charge >= 0.3 is 0 Å². The van der Waals surface area contributed by atoms with E-state index >= 15 is 0 Å². The first-order valence-corrected chi connectivity index (χ1v) is 10.9. The molecule has 0 radical (unpaired) electrons. The molecule has 1 saturated heterocycles. The van der Waals surface area contributed by atoms with Crippen LogP contribution in [0.5, 0.6) is 5.75 Å². The molecule has 1 aromatic rings. The Bertz CT molecular complexity index is 697. The number of halogens is 1. The van der Waals surface area contributed by atoms with Gasteiger partial charge in [0.25, 0.3) is 0 Å². The summed E-state index contributed by atoms with van der Waals surface area (Å²) in [6, 6.07) is 5.59. The van der Waals surface area contributed by atoms with E-state index < -0.39 is 0 Å². The van der Waals surface area contributed by atoms with Gasteiger partial charge in [0.2, 0.25) is 11.8 Å². The summed E-state index contributed by atoms with van der Waals surface area (Å²) in [5.41, 5.74) is 1.02. The van der Waals surface area contributed by atoms with E-state index in [1.807, 2.05) is 41.8 Å². The topological polar surface area (TPSA) is 49.9 Å². The molecule has 1 aromatic carbocycles. The number of piperidine rings is 1. The molecule has 2 heterocycles. The maximum absolute atomic E-state index is 12.9. The Morgan fingerprint density at radius 3 is 2.61 bits per heavy atom. The molecular formula is C22H31ClN2O3. The van der Waals surface area contributed by atoms with E-state index in [1.165, 1.54) is 0 Å². The lowest BCUT2D eigenvalue weighted by Crippen LogP contribution is -2.44. The minimum absolute atomic E-state index is 0.133. The first-order chi connectivity index (χ1) is 13.5. The number of carbonyl (C=O) groups excluding carboxylic acids is 2. The Hall–Kier alpha value is -1.75. The van der Waals surface area contributed by atoms with Crippen molar-refractivity contribution in [3.8, 4) is 5.75 Å². The van der Waals surface area contributed by atoms with Crippen LogP contribution in [0.4, 0.5) is 0 Å². The summed E-state index contributed by atoms with van der Waals surface area (Å²) in [7, 11) is 0. The molecule has 5 nitrogen and oxygen atoms in total. The fourth-order valence-electron chi connectivity index (χ4n) is 4.28. The Morgan fingerprint density at radius 2 is 1.93 bits per heavy atom. The molecule has 2 aliphatic heterocycles. The number of carbonyl (C=O) groups is 2. The van der Waals surface area contributed by atoms with Gasteiger partial charge in [0.15, 0.2) is 0 Å². The minimum Gasteiger partial charge on any atom is -0.492 e. The zero-order valence-corrected chi connectivity index (χ0v) is 17.7. The van der Waals surface area contributed by atoms with E-state index in [2.05, 4.69) is 0 Å². The molecule has 3 rings (SSSR count). The number of likely N-dealkylation sites (tertiary alicyclic amines) is 1. The summed E-state index contributed by atoms with van der Waals surface area (Å²) in [6.07, 6.45) is 4.19. The van der Waals surface area contributed by atoms with Gasteiger partial charge in [0.1, 0.15) is 12.4 Å². The van der Waals surface area contributed by atoms with Crippen LogP contribution in [0, 0.1) is 11.8 Å². The number of ether oxygens (including phenoxy) is 1. The highest BCUT2D eigenvalue weighted by Crippen LogP contribution is 2.31. The van der Waals surface area contributed by atoms with Crippen molar-refractivity contribution >= 4 is 23.4 Å². The Balaban J connectivity index is 1.46. The van der Waals surface area contributed by atoms with Crippen LogP contribution in [0.15, 0.2) is 18.2 Å². The van der Waals surface area contributed by atoms with Crippen molar-refractivity contribution in [1.29, 1.82) is 0 Å². The fraction of sp³-hybridized carbons (Fsp3) is 0.636. The van der Waals surface area contributed by atoms with Gasteiger partial charge in [-0.2, -0.15) is 0 Å². The lowest BCUT2D eigenvalue weighted by atomic mass is 9.90. The minimum atomic E-state index is -0.133. The summed E-state index contributed by atoms with van der Waals surface area (Å²) in [5, 5.41) is 0.676. The molecule has 0 spiro atoms.